The number of likely N-dealkylation sites (tertiary alicyclic amines) is 1. The zero-order chi connectivity index (χ0) is 19.4. The van der Waals surface area contributed by atoms with Gasteiger partial charge in [0.05, 0.1) is 13.2 Å². The topological polar surface area (TPSA) is 28.2 Å². The molecular weight excluding hydrogens is 338 g/mol. The molecular formula is C22H37N3O2. The van der Waals surface area contributed by atoms with Gasteiger partial charge < -0.3 is 14.4 Å². The van der Waals surface area contributed by atoms with Crippen molar-refractivity contribution in [2.45, 2.75) is 51.3 Å². The molecule has 3 rings (SSSR count). The van der Waals surface area contributed by atoms with Gasteiger partial charge in [0.1, 0.15) is 0 Å². The minimum atomic E-state index is 0.191. The molecule has 0 N–H and O–H groups in total. The summed E-state index contributed by atoms with van der Waals surface area (Å²) in [5.41, 5.74) is 1.59. The molecule has 1 aromatic rings. The van der Waals surface area contributed by atoms with Crippen molar-refractivity contribution in [3.05, 3.63) is 23.8 Å². The first-order valence-electron chi connectivity index (χ1n) is 10.4. The van der Waals surface area contributed by atoms with Crippen molar-refractivity contribution < 1.29 is 9.47 Å². The average Bonchev–Trinajstić information content (AvgIpc) is 2.68. The van der Waals surface area contributed by atoms with Gasteiger partial charge in [0, 0.05) is 50.4 Å². The lowest BCUT2D eigenvalue weighted by Gasteiger charge is -2.52. The predicted octanol–water partition coefficient (Wildman–Crippen LogP) is 3.08. The van der Waals surface area contributed by atoms with Crippen LogP contribution in [0.15, 0.2) is 18.2 Å². The van der Waals surface area contributed by atoms with Crippen molar-refractivity contribution >= 4 is 0 Å². The summed E-state index contributed by atoms with van der Waals surface area (Å²) in [5.74, 6) is 1.76. The second-order valence-corrected chi connectivity index (χ2v) is 8.45. The van der Waals surface area contributed by atoms with E-state index < -0.39 is 0 Å². The molecule has 1 spiro atoms. The third-order valence-corrected chi connectivity index (χ3v) is 6.55. The molecule has 1 aromatic carbocycles. The first-order chi connectivity index (χ1) is 13.0. The molecule has 152 valence electrons. The fourth-order valence-corrected chi connectivity index (χ4v) is 4.43. The predicted molar refractivity (Wildman–Crippen MR) is 111 cm³/mol. The lowest BCUT2D eigenvalue weighted by molar-refractivity contribution is -0.0206. The fourth-order valence-electron chi connectivity index (χ4n) is 4.43. The van der Waals surface area contributed by atoms with Gasteiger partial charge in [-0.25, -0.2) is 0 Å². The molecule has 2 heterocycles. The van der Waals surface area contributed by atoms with Gasteiger partial charge in [-0.1, -0.05) is 19.1 Å². The van der Waals surface area contributed by atoms with E-state index in [0.29, 0.717) is 5.54 Å². The van der Waals surface area contributed by atoms with Crippen LogP contribution in [0.1, 0.15) is 38.7 Å². The monoisotopic (exact) mass is 375 g/mol. The molecule has 5 nitrogen and oxygen atoms in total. The Morgan fingerprint density at radius 1 is 1.11 bits per heavy atom. The third kappa shape index (κ3) is 4.58. The maximum absolute atomic E-state index is 6.23. The summed E-state index contributed by atoms with van der Waals surface area (Å²) >= 11 is 0. The lowest BCUT2D eigenvalue weighted by atomic mass is 9.83. The molecule has 0 amide bonds. The number of ether oxygens (including phenoxy) is 2. The summed E-state index contributed by atoms with van der Waals surface area (Å²) in [6.45, 7) is 11.0. The Bertz CT molecular complexity index is 614. The van der Waals surface area contributed by atoms with Gasteiger partial charge in [0.25, 0.3) is 0 Å². The van der Waals surface area contributed by atoms with Gasteiger partial charge in [0.15, 0.2) is 11.5 Å². The minimum absolute atomic E-state index is 0.191. The van der Waals surface area contributed by atoms with Crippen LogP contribution in [-0.2, 0) is 6.54 Å². The largest absolute Gasteiger partial charge is 0.493 e. The molecule has 5 heteroatoms. The second kappa shape index (κ2) is 8.80. The van der Waals surface area contributed by atoms with Crippen LogP contribution in [0, 0.1) is 0 Å². The maximum atomic E-state index is 6.23. The summed E-state index contributed by atoms with van der Waals surface area (Å²) in [7, 11) is 6.29. The summed E-state index contributed by atoms with van der Waals surface area (Å²) in [6, 6.07) is 6.26. The van der Waals surface area contributed by atoms with Crippen LogP contribution in [0.2, 0.25) is 0 Å². The van der Waals surface area contributed by atoms with E-state index in [2.05, 4.69) is 54.8 Å². The summed E-state index contributed by atoms with van der Waals surface area (Å²) in [6.07, 6.45) is 3.65. The van der Waals surface area contributed by atoms with Crippen LogP contribution in [0.25, 0.3) is 0 Å². The van der Waals surface area contributed by atoms with Crippen LogP contribution in [0.3, 0.4) is 0 Å². The number of piperidine rings is 1. The first kappa shape index (κ1) is 20.4. The Morgan fingerprint density at radius 2 is 1.85 bits per heavy atom. The Hall–Kier alpha value is -1.30. The number of benzene rings is 1. The van der Waals surface area contributed by atoms with Crippen LogP contribution in [0.4, 0.5) is 0 Å². The quantitative estimate of drug-likeness (QED) is 0.762. The molecule has 1 atom stereocenters. The molecule has 2 aliphatic rings. The molecule has 0 aromatic heterocycles. The standard InChI is InChI=1S/C22H37N3O2/c1-6-18(2)27-21-19(8-7-9-20(21)26-5)16-25-12-10-22(11-13-25)17-23(3)14-15-24(22)4/h7-9,18H,6,10-17H2,1-5H3. The molecule has 27 heavy (non-hydrogen) atoms. The minimum Gasteiger partial charge on any atom is -0.493 e. The van der Waals surface area contributed by atoms with Gasteiger partial charge in [-0.05, 0) is 46.3 Å². The highest BCUT2D eigenvalue weighted by molar-refractivity contribution is 5.46. The zero-order valence-corrected chi connectivity index (χ0v) is 17.8. The van der Waals surface area contributed by atoms with Crippen molar-refractivity contribution in [3.8, 4) is 11.5 Å². The number of piperazine rings is 1. The van der Waals surface area contributed by atoms with E-state index in [1.807, 2.05) is 6.07 Å². The van der Waals surface area contributed by atoms with Crippen molar-refractivity contribution in [2.24, 2.45) is 0 Å². The number of para-hydroxylation sites is 1. The highest BCUT2D eigenvalue weighted by Crippen LogP contribution is 2.35. The van der Waals surface area contributed by atoms with Crippen molar-refractivity contribution in [1.82, 2.24) is 14.7 Å². The lowest BCUT2D eigenvalue weighted by Crippen LogP contribution is -2.63. The van der Waals surface area contributed by atoms with E-state index in [0.717, 1.165) is 37.6 Å². The Morgan fingerprint density at radius 3 is 2.52 bits per heavy atom. The van der Waals surface area contributed by atoms with Crippen LogP contribution in [-0.4, -0.2) is 80.3 Å². The number of rotatable bonds is 6. The SMILES string of the molecule is CCC(C)Oc1c(CN2CCC3(CC2)CN(C)CCN3C)cccc1OC. The summed E-state index contributed by atoms with van der Waals surface area (Å²) < 4.78 is 11.8. The van der Waals surface area contributed by atoms with E-state index >= 15 is 0 Å². The number of hydrogen-bond acceptors (Lipinski definition) is 5. The Kier molecular flexibility index (Phi) is 6.66. The normalized spacial score (nSPS) is 22.7. The number of nitrogens with zero attached hydrogens (tertiary/aromatic N) is 3. The zero-order valence-electron chi connectivity index (χ0n) is 17.8. The van der Waals surface area contributed by atoms with Crippen LogP contribution >= 0.6 is 0 Å². The average molecular weight is 376 g/mol. The van der Waals surface area contributed by atoms with Gasteiger partial charge in [0.2, 0.25) is 0 Å². The molecule has 0 bridgehead atoms. The van der Waals surface area contributed by atoms with E-state index in [-0.39, 0.29) is 6.10 Å². The number of likely N-dealkylation sites (N-methyl/N-ethyl adjacent to an activating group) is 2. The molecule has 1 unspecified atom stereocenters. The van der Waals surface area contributed by atoms with E-state index in [4.69, 9.17) is 9.47 Å². The van der Waals surface area contributed by atoms with Crippen LogP contribution < -0.4 is 9.47 Å². The van der Waals surface area contributed by atoms with Crippen molar-refractivity contribution in [3.63, 3.8) is 0 Å². The van der Waals surface area contributed by atoms with E-state index in [1.54, 1.807) is 7.11 Å². The highest BCUT2D eigenvalue weighted by Gasteiger charge is 2.41. The number of methoxy groups -OCH3 is 1. The fraction of sp³-hybridized carbons (Fsp3) is 0.727. The van der Waals surface area contributed by atoms with Crippen molar-refractivity contribution in [2.75, 3.05) is 53.9 Å². The van der Waals surface area contributed by atoms with Gasteiger partial charge in [-0.3, -0.25) is 9.80 Å². The molecule has 2 fully saturated rings. The molecule has 2 aliphatic heterocycles. The molecule has 2 saturated heterocycles. The van der Waals surface area contributed by atoms with E-state index in [9.17, 15) is 0 Å². The highest BCUT2D eigenvalue weighted by atomic mass is 16.5. The third-order valence-electron chi connectivity index (χ3n) is 6.55. The van der Waals surface area contributed by atoms with Gasteiger partial charge >= 0.3 is 0 Å². The molecule has 0 saturated carbocycles. The van der Waals surface area contributed by atoms with Crippen LogP contribution in [0.5, 0.6) is 11.5 Å². The first-order valence-corrected chi connectivity index (χ1v) is 10.4. The summed E-state index contributed by atoms with van der Waals surface area (Å²) in [4.78, 5) is 7.68. The maximum Gasteiger partial charge on any atom is 0.166 e. The Labute approximate surface area is 165 Å². The number of hydrogen-bond donors (Lipinski definition) is 0. The van der Waals surface area contributed by atoms with Crippen molar-refractivity contribution in [1.29, 1.82) is 0 Å². The molecule has 0 aliphatic carbocycles. The van der Waals surface area contributed by atoms with Gasteiger partial charge in [-0.15, -0.1) is 0 Å². The van der Waals surface area contributed by atoms with Gasteiger partial charge in [-0.2, -0.15) is 0 Å². The molecule has 0 radical (unpaired) electrons. The van der Waals surface area contributed by atoms with E-state index in [1.165, 1.54) is 38.0 Å². The summed E-state index contributed by atoms with van der Waals surface area (Å²) in [5, 5.41) is 0. The second-order valence-electron chi connectivity index (χ2n) is 8.45. The Balaban J connectivity index is 1.68. The smallest absolute Gasteiger partial charge is 0.166 e.